The summed E-state index contributed by atoms with van der Waals surface area (Å²) in [5.41, 5.74) is 6.55. The summed E-state index contributed by atoms with van der Waals surface area (Å²) < 4.78 is 5.64. The SMILES string of the molecule is Cc1cccc(N2CCN(c3nc4ccccc4nc3C(=O)OCc3ccccc3)CC2)c1C. The smallest absolute Gasteiger partial charge is 0.361 e. The maximum atomic E-state index is 13.1. The van der Waals surface area contributed by atoms with E-state index in [1.807, 2.05) is 54.6 Å². The first-order valence-corrected chi connectivity index (χ1v) is 11.6. The molecule has 0 amide bonds. The molecular formula is C28H28N4O2. The van der Waals surface area contributed by atoms with Crippen molar-refractivity contribution in [2.24, 2.45) is 0 Å². The second-order valence-corrected chi connectivity index (χ2v) is 8.64. The highest BCUT2D eigenvalue weighted by atomic mass is 16.5. The van der Waals surface area contributed by atoms with Crippen LogP contribution in [0.5, 0.6) is 0 Å². The van der Waals surface area contributed by atoms with Crippen LogP contribution in [0, 0.1) is 13.8 Å². The number of ether oxygens (including phenoxy) is 1. The molecule has 5 rings (SSSR count). The normalized spacial score (nSPS) is 13.8. The molecule has 6 heteroatoms. The number of esters is 1. The Labute approximate surface area is 199 Å². The molecule has 0 saturated carbocycles. The van der Waals surface area contributed by atoms with Gasteiger partial charge in [0.1, 0.15) is 6.61 Å². The Morgan fingerprint density at radius 3 is 2.18 bits per heavy atom. The van der Waals surface area contributed by atoms with Gasteiger partial charge in [0.05, 0.1) is 11.0 Å². The Balaban J connectivity index is 1.40. The van der Waals surface area contributed by atoms with Crippen LogP contribution in [0.1, 0.15) is 27.2 Å². The third-order valence-electron chi connectivity index (χ3n) is 6.45. The van der Waals surface area contributed by atoms with Gasteiger partial charge in [0, 0.05) is 31.9 Å². The number of fused-ring (bicyclic) bond motifs is 1. The van der Waals surface area contributed by atoms with Crippen molar-refractivity contribution in [3.8, 4) is 0 Å². The van der Waals surface area contributed by atoms with Crippen LogP contribution in [0.3, 0.4) is 0 Å². The van der Waals surface area contributed by atoms with E-state index in [1.165, 1.54) is 16.8 Å². The number of hydrogen-bond acceptors (Lipinski definition) is 6. The molecule has 0 N–H and O–H groups in total. The lowest BCUT2D eigenvalue weighted by atomic mass is 10.1. The number of hydrogen-bond donors (Lipinski definition) is 0. The molecule has 1 saturated heterocycles. The Morgan fingerprint density at radius 2 is 1.44 bits per heavy atom. The third kappa shape index (κ3) is 4.44. The molecular weight excluding hydrogens is 424 g/mol. The summed E-state index contributed by atoms with van der Waals surface area (Å²) in [6.45, 7) is 7.71. The van der Waals surface area contributed by atoms with Gasteiger partial charge in [-0.15, -0.1) is 0 Å². The summed E-state index contributed by atoms with van der Waals surface area (Å²) in [5, 5.41) is 0. The van der Waals surface area contributed by atoms with Gasteiger partial charge in [0.15, 0.2) is 11.5 Å². The van der Waals surface area contributed by atoms with E-state index in [2.05, 4.69) is 46.8 Å². The van der Waals surface area contributed by atoms with E-state index in [4.69, 9.17) is 9.72 Å². The van der Waals surface area contributed by atoms with Crippen LogP contribution in [0.2, 0.25) is 0 Å². The molecule has 1 aliphatic heterocycles. The van der Waals surface area contributed by atoms with E-state index in [-0.39, 0.29) is 12.3 Å². The molecule has 0 unspecified atom stereocenters. The monoisotopic (exact) mass is 452 g/mol. The van der Waals surface area contributed by atoms with Gasteiger partial charge in [-0.1, -0.05) is 54.6 Å². The highest BCUT2D eigenvalue weighted by molar-refractivity contribution is 5.95. The summed E-state index contributed by atoms with van der Waals surface area (Å²) in [4.78, 5) is 27.2. The van der Waals surface area contributed by atoms with Crippen LogP contribution in [0.15, 0.2) is 72.8 Å². The first kappa shape index (κ1) is 21.9. The standard InChI is InChI=1S/C28H28N4O2/c1-20-9-8-14-25(21(20)2)31-15-17-32(18-16-31)27-26(29-23-12-6-7-13-24(23)30-27)28(33)34-19-22-10-4-3-5-11-22/h3-14H,15-19H2,1-2H3. The van der Waals surface area contributed by atoms with Crippen LogP contribution >= 0.6 is 0 Å². The number of carbonyl (C=O) groups is 1. The number of piperazine rings is 1. The highest BCUT2D eigenvalue weighted by Gasteiger charge is 2.26. The molecule has 0 bridgehead atoms. The zero-order valence-electron chi connectivity index (χ0n) is 19.6. The average molecular weight is 453 g/mol. The largest absolute Gasteiger partial charge is 0.456 e. The number of aromatic nitrogens is 2. The fourth-order valence-corrected chi connectivity index (χ4v) is 4.38. The van der Waals surface area contributed by atoms with Gasteiger partial charge in [-0.3, -0.25) is 0 Å². The first-order valence-electron chi connectivity index (χ1n) is 11.6. The topological polar surface area (TPSA) is 58.6 Å². The lowest BCUT2D eigenvalue weighted by Gasteiger charge is -2.38. The number of benzene rings is 3. The van der Waals surface area contributed by atoms with E-state index in [0.29, 0.717) is 11.3 Å². The molecule has 2 heterocycles. The van der Waals surface area contributed by atoms with Gasteiger partial charge in [0.2, 0.25) is 0 Å². The lowest BCUT2D eigenvalue weighted by Crippen LogP contribution is -2.47. The molecule has 172 valence electrons. The number of rotatable bonds is 5. The van der Waals surface area contributed by atoms with E-state index < -0.39 is 5.97 Å². The lowest BCUT2D eigenvalue weighted by molar-refractivity contribution is 0.0466. The molecule has 34 heavy (non-hydrogen) atoms. The van der Waals surface area contributed by atoms with Crippen molar-refractivity contribution < 1.29 is 9.53 Å². The number of anilines is 2. The summed E-state index contributed by atoms with van der Waals surface area (Å²) >= 11 is 0. The predicted molar refractivity (Wildman–Crippen MR) is 135 cm³/mol. The van der Waals surface area contributed by atoms with E-state index in [1.54, 1.807) is 0 Å². The minimum Gasteiger partial charge on any atom is -0.456 e. The van der Waals surface area contributed by atoms with E-state index >= 15 is 0 Å². The maximum Gasteiger partial charge on any atom is 0.361 e. The van der Waals surface area contributed by atoms with Crippen LogP contribution in [0.25, 0.3) is 11.0 Å². The Morgan fingerprint density at radius 1 is 0.794 bits per heavy atom. The van der Waals surface area contributed by atoms with Crippen molar-refractivity contribution in [1.82, 2.24) is 9.97 Å². The molecule has 0 aliphatic carbocycles. The number of para-hydroxylation sites is 2. The summed E-state index contributed by atoms with van der Waals surface area (Å²) in [5.74, 6) is 0.145. The van der Waals surface area contributed by atoms with Gasteiger partial charge in [-0.2, -0.15) is 0 Å². The molecule has 4 aromatic rings. The third-order valence-corrected chi connectivity index (χ3v) is 6.45. The van der Waals surface area contributed by atoms with Crippen LogP contribution in [0.4, 0.5) is 11.5 Å². The fourth-order valence-electron chi connectivity index (χ4n) is 4.38. The molecule has 0 spiro atoms. The quantitative estimate of drug-likeness (QED) is 0.400. The zero-order chi connectivity index (χ0) is 23.5. The van der Waals surface area contributed by atoms with Crippen LogP contribution in [-0.2, 0) is 11.3 Å². The second kappa shape index (κ2) is 9.51. The van der Waals surface area contributed by atoms with Crippen molar-refractivity contribution in [2.45, 2.75) is 20.5 Å². The molecule has 1 aliphatic rings. The summed E-state index contributed by atoms with van der Waals surface area (Å²) in [6.07, 6.45) is 0. The van der Waals surface area contributed by atoms with Gasteiger partial charge >= 0.3 is 5.97 Å². The van der Waals surface area contributed by atoms with Gasteiger partial charge in [-0.25, -0.2) is 14.8 Å². The van der Waals surface area contributed by atoms with Crippen molar-refractivity contribution in [3.63, 3.8) is 0 Å². The highest BCUT2D eigenvalue weighted by Crippen LogP contribution is 2.27. The predicted octanol–water partition coefficient (Wildman–Crippen LogP) is 4.93. The summed E-state index contributed by atoms with van der Waals surface area (Å²) in [6, 6.07) is 23.8. The van der Waals surface area contributed by atoms with Crippen molar-refractivity contribution in [3.05, 3.63) is 95.2 Å². The van der Waals surface area contributed by atoms with Crippen LogP contribution < -0.4 is 9.80 Å². The Kier molecular flexibility index (Phi) is 6.12. The number of aryl methyl sites for hydroxylation is 1. The number of carbonyl (C=O) groups excluding carboxylic acids is 1. The molecule has 1 aromatic heterocycles. The average Bonchev–Trinajstić information content (AvgIpc) is 2.89. The zero-order valence-corrected chi connectivity index (χ0v) is 19.6. The molecule has 3 aromatic carbocycles. The molecule has 6 nitrogen and oxygen atoms in total. The van der Waals surface area contributed by atoms with E-state index in [9.17, 15) is 4.79 Å². The van der Waals surface area contributed by atoms with Crippen molar-refractivity contribution in [2.75, 3.05) is 36.0 Å². The minimum atomic E-state index is -0.450. The summed E-state index contributed by atoms with van der Waals surface area (Å²) in [7, 11) is 0. The molecule has 0 radical (unpaired) electrons. The van der Waals surface area contributed by atoms with Gasteiger partial charge < -0.3 is 14.5 Å². The number of nitrogens with zero attached hydrogens (tertiary/aromatic N) is 4. The minimum absolute atomic E-state index is 0.202. The van der Waals surface area contributed by atoms with Gasteiger partial charge in [0.25, 0.3) is 0 Å². The maximum absolute atomic E-state index is 13.1. The van der Waals surface area contributed by atoms with Gasteiger partial charge in [-0.05, 0) is 48.7 Å². The van der Waals surface area contributed by atoms with E-state index in [0.717, 1.165) is 37.3 Å². The first-order chi connectivity index (χ1) is 16.6. The molecule has 1 fully saturated rings. The Hall–Kier alpha value is -3.93. The Bertz CT molecular complexity index is 1310. The van der Waals surface area contributed by atoms with Crippen molar-refractivity contribution >= 4 is 28.5 Å². The fraction of sp³-hybridized carbons (Fsp3) is 0.250. The van der Waals surface area contributed by atoms with Crippen LogP contribution in [-0.4, -0.2) is 42.1 Å². The second-order valence-electron chi connectivity index (χ2n) is 8.64. The van der Waals surface area contributed by atoms with Crippen molar-refractivity contribution in [1.29, 1.82) is 0 Å². The molecule has 0 atom stereocenters.